The number of amides is 1. The molecule has 24 heavy (non-hydrogen) atoms. The molecule has 2 aromatic heterocycles. The third kappa shape index (κ3) is 2.73. The molecule has 8 heteroatoms. The maximum absolute atomic E-state index is 13.5. The van der Waals surface area contributed by atoms with Gasteiger partial charge in [-0.3, -0.25) is 4.79 Å². The number of aromatic nitrogens is 3. The van der Waals surface area contributed by atoms with Gasteiger partial charge in [-0.05, 0) is 24.3 Å². The number of anilines is 2. The van der Waals surface area contributed by atoms with Crippen molar-refractivity contribution in [2.45, 2.75) is 13.0 Å². The van der Waals surface area contributed by atoms with Gasteiger partial charge in [0, 0.05) is 18.3 Å². The molecule has 1 aliphatic heterocycles. The normalized spacial score (nSPS) is 14.6. The third-order valence-electron chi connectivity index (χ3n) is 3.71. The number of carbonyl (C=O) groups excluding carboxylic acids is 1. The Morgan fingerprint density at radius 3 is 3.12 bits per heavy atom. The van der Waals surface area contributed by atoms with E-state index in [0.29, 0.717) is 35.0 Å². The van der Waals surface area contributed by atoms with Gasteiger partial charge in [-0.25, -0.2) is 13.9 Å². The fourth-order valence-corrected chi connectivity index (χ4v) is 2.53. The lowest BCUT2D eigenvalue weighted by Crippen LogP contribution is -2.15. The van der Waals surface area contributed by atoms with Crippen molar-refractivity contribution < 1.29 is 13.9 Å². The van der Waals surface area contributed by atoms with Crippen LogP contribution in [0.15, 0.2) is 36.7 Å². The van der Waals surface area contributed by atoms with Crippen molar-refractivity contribution >= 4 is 23.1 Å². The molecule has 2 N–H and O–H groups in total. The summed E-state index contributed by atoms with van der Waals surface area (Å²) in [6, 6.07) is 6.06. The van der Waals surface area contributed by atoms with Gasteiger partial charge in [0.05, 0.1) is 19.2 Å². The predicted octanol–water partition coefficient (Wildman–Crippen LogP) is 2.20. The second kappa shape index (κ2) is 5.80. The number of hydrogen-bond donors (Lipinski definition) is 2. The molecule has 0 saturated carbocycles. The van der Waals surface area contributed by atoms with Crippen molar-refractivity contribution in [3.8, 4) is 5.75 Å². The fourth-order valence-electron chi connectivity index (χ4n) is 2.53. The van der Waals surface area contributed by atoms with Crippen LogP contribution in [-0.2, 0) is 11.3 Å². The first-order chi connectivity index (χ1) is 11.7. The summed E-state index contributed by atoms with van der Waals surface area (Å²) >= 11 is 0. The average Bonchev–Trinajstić information content (AvgIpc) is 2.96. The smallest absolute Gasteiger partial charge is 0.227 e. The topological polar surface area (TPSA) is 80.5 Å². The Hall–Kier alpha value is -3.16. The number of halogens is 1. The summed E-state index contributed by atoms with van der Waals surface area (Å²) in [7, 11) is 0. The van der Waals surface area contributed by atoms with E-state index in [2.05, 4.69) is 20.7 Å². The molecule has 0 radical (unpaired) electrons. The van der Waals surface area contributed by atoms with Crippen molar-refractivity contribution in [1.29, 1.82) is 0 Å². The van der Waals surface area contributed by atoms with Crippen molar-refractivity contribution in [3.05, 3.63) is 48.0 Å². The van der Waals surface area contributed by atoms with Crippen LogP contribution >= 0.6 is 0 Å². The highest BCUT2D eigenvalue weighted by molar-refractivity contribution is 5.94. The maximum atomic E-state index is 13.5. The molecule has 1 amide bonds. The molecule has 4 rings (SSSR count). The minimum absolute atomic E-state index is 0.168. The number of nitrogens with zero attached hydrogens (tertiary/aromatic N) is 3. The van der Waals surface area contributed by atoms with Gasteiger partial charge in [-0.2, -0.15) is 5.10 Å². The second-order valence-electron chi connectivity index (χ2n) is 5.39. The predicted molar refractivity (Wildman–Crippen MR) is 85.5 cm³/mol. The molecule has 1 aromatic carbocycles. The first-order valence-corrected chi connectivity index (χ1v) is 7.48. The van der Waals surface area contributed by atoms with Crippen LogP contribution in [0.2, 0.25) is 0 Å². The van der Waals surface area contributed by atoms with Crippen LogP contribution in [0.4, 0.5) is 15.9 Å². The number of nitrogens with one attached hydrogen (secondary N) is 2. The summed E-state index contributed by atoms with van der Waals surface area (Å²) < 4.78 is 20.7. The van der Waals surface area contributed by atoms with E-state index >= 15 is 0 Å². The molecule has 0 saturated heterocycles. The van der Waals surface area contributed by atoms with E-state index in [-0.39, 0.29) is 24.8 Å². The largest absolute Gasteiger partial charge is 0.493 e. The highest BCUT2D eigenvalue weighted by Gasteiger charge is 2.13. The molecule has 7 nitrogen and oxygen atoms in total. The minimum Gasteiger partial charge on any atom is -0.493 e. The summed E-state index contributed by atoms with van der Waals surface area (Å²) in [6.07, 6.45) is 3.46. The lowest BCUT2D eigenvalue weighted by atomic mass is 10.2. The van der Waals surface area contributed by atoms with Crippen LogP contribution in [-0.4, -0.2) is 27.1 Å². The molecule has 122 valence electrons. The number of rotatable bonds is 0. The van der Waals surface area contributed by atoms with Gasteiger partial charge in [0.2, 0.25) is 5.91 Å². The molecule has 0 unspecified atom stereocenters. The quantitative estimate of drug-likeness (QED) is 0.662. The van der Waals surface area contributed by atoms with Crippen LogP contribution in [0, 0.1) is 5.82 Å². The van der Waals surface area contributed by atoms with E-state index in [1.807, 2.05) is 0 Å². The Kier molecular flexibility index (Phi) is 3.49. The maximum Gasteiger partial charge on any atom is 0.227 e. The molecular weight excluding hydrogens is 313 g/mol. The zero-order valence-electron chi connectivity index (χ0n) is 12.6. The zero-order valence-corrected chi connectivity index (χ0v) is 12.6. The second-order valence-corrected chi connectivity index (χ2v) is 5.39. The third-order valence-corrected chi connectivity index (χ3v) is 3.71. The van der Waals surface area contributed by atoms with Crippen molar-refractivity contribution in [2.75, 3.05) is 17.2 Å². The molecule has 0 atom stereocenters. The monoisotopic (exact) mass is 327 g/mol. The van der Waals surface area contributed by atoms with Gasteiger partial charge in [0.25, 0.3) is 0 Å². The average molecular weight is 327 g/mol. The minimum atomic E-state index is -0.345. The fraction of sp³-hybridized carbons (Fsp3) is 0.188. The number of fused-ring (bicyclic) bond motifs is 2. The van der Waals surface area contributed by atoms with Gasteiger partial charge < -0.3 is 15.4 Å². The molecule has 3 aromatic rings. The van der Waals surface area contributed by atoms with E-state index in [4.69, 9.17) is 4.74 Å². The van der Waals surface area contributed by atoms with Gasteiger partial charge in [0.15, 0.2) is 5.65 Å². The van der Waals surface area contributed by atoms with Crippen LogP contribution < -0.4 is 15.4 Å². The summed E-state index contributed by atoms with van der Waals surface area (Å²) in [6.45, 7) is 0.543. The summed E-state index contributed by atoms with van der Waals surface area (Å²) in [4.78, 5) is 16.5. The number of hydrogen-bond acceptors (Lipinski definition) is 5. The number of carbonyl (C=O) groups is 1. The Bertz CT molecular complexity index is 924. The standard InChI is InChI=1S/C16H14FN5O2/c17-11-1-2-13-10(7-11)8-18-14-3-5-22-16(21-14)12(9-19-22)20-15(23)4-6-24-13/h1-3,5,7,9H,4,6,8H2,(H,18,21)(H,20,23). The van der Waals surface area contributed by atoms with Crippen LogP contribution in [0.1, 0.15) is 12.0 Å². The van der Waals surface area contributed by atoms with E-state index in [9.17, 15) is 9.18 Å². The number of ether oxygens (including phenoxy) is 1. The van der Waals surface area contributed by atoms with E-state index in [0.717, 1.165) is 0 Å². The van der Waals surface area contributed by atoms with Gasteiger partial charge in [-0.15, -0.1) is 0 Å². The van der Waals surface area contributed by atoms with Crippen molar-refractivity contribution in [3.63, 3.8) is 0 Å². The van der Waals surface area contributed by atoms with Crippen LogP contribution in [0.5, 0.6) is 5.75 Å². The number of benzene rings is 1. The Labute approximate surface area is 136 Å². The summed E-state index contributed by atoms with van der Waals surface area (Å²) in [5, 5.41) is 10.1. The van der Waals surface area contributed by atoms with Crippen molar-refractivity contribution in [2.24, 2.45) is 0 Å². The van der Waals surface area contributed by atoms with E-state index in [1.54, 1.807) is 29.0 Å². The molecule has 2 bridgehead atoms. The SMILES string of the molecule is O=C1CCOc2ccc(F)cc2CNc2ccn3ncc(c3n2)N1. The first-order valence-electron chi connectivity index (χ1n) is 7.48. The Morgan fingerprint density at radius 2 is 2.21 bits per heavy atom. The van der Waals surface area contributed by atoms with Gasteiger partial charge in [0.1, 0.15) is 23.1 Å². The molecule has 3 heterocycles. The van der Waals surface area contributed by atoms with Gasteiger partial charge >= 0.3 is 0 Å². The first kappa shape index (κ1) is 14.4. The highest BCUT2D eigenvalue weighted by Crippen LogP contribution is 2.23. The van der Waals surface area contributed by atoms with Crippen molar-refractivity contribution in [1.82, 2.24) is 14.6 Å². The zero-order chi connectivity index (χ0) is 16.5. The van der Waals surface area contributed by atoms with Crippen LogP contribution in [0.25, 0.3) is 5.65 Å². The molecule has 0 aliphatic carbocycles. The van der Waals surface area contributed by atoms with E-state index < -0.39 is 0 Å². The lowest BCUT2D eigenvalue weighted by molar-refractivity contribution is -0.116. The Morgan fingerprint density at radius 1 is 1.29 bits per heavy atom. The van der Waals surface area contributed by atoms with Gasteiger partial charge in [-0.1, -0.05) is 0 Å². The molecule has 0 fully saturated rings. The Balaban J connectivity index is 1.74. The summed E-state index contributed by atoms with van der Waals surface area (Å²) in [5.74, 6) is 0.587. The highest BCUT2D eigenvalue weighted by atomic mass is 19.1. The molecular formula is C16H14FN5O2. The summed E-state index contributed by atoms with van der Waals surface area (Å²) in [5.41, 5.74) is 1.73. The van der Waals surface area contributed by atoms with Crippen LogP contribution in [0.3, 0.4) is 0 Å². The molecule has 1 aliphatic rings. The van der Waals surface area contributed by atoms with E-state index in [1.165, 1.54) is 12.1 Å². The molecule has 0 spiro atoms. The lowest BCUT2D eigenvalue weighted by Gasteiger charge is -2.12.